The molecule has 0 radical (unpaired) electrons. The molecule has 2 atom stereocenters. The third-order valence-corrected chi connectivity index (χ3v) is 5.96. The molecule has 1 aromatic carbocycles. The number of aliphatic hydroxyl groups is 1. The zero-order chi connectivity index (χ0) is 24.8. The minimum atomic E-state index is -0.830. The number of benzene rings is 1. The monoisotopic (exact) mass is 466 g/mol. The van der Waals surface area contributed by atoms with E-state index in [1.54, 1.807) is 17.8 Å². The lowest BCUT2D eigenvalue weighted by Crippen LogP contribution is -2.43. The molecular weight excluding hydrogens is 428 g/mol. The Kier molecular flexibility index (Phi) is 8.47. The lowest BCUT2D eigenvalue weighted by Gasteiger charge is -2.28. The van der Waals surface area contributed by atoms with Gasteiger partial charge >= 0.3 is 0 Å². The van der Waals surface area contributed by atoms with Crippen molar-refractivity contribution in [1.82, 2.24) is 14.9 Å². The summed E-state index contributed by atoms with van der Waals surface area (Å²) in [5, 5.41) is 17.5. The smallest absolute Gasteiger partial charge is 0.258 e. The summed E-state index contributed by atoms with van der Waals surface area (Å²) < 4.78 is 7.29. The molecule has 7 nitrogen and oxygen atoms in total. The first-order chi connectivity index (χ1) is 16.3. The van der Waals surface area contributed by atoms with E-state index in [1.165, 1.54) is 0 Å². The molecule has 3 aromatic rings. The Bertz CT molecular complexity index is 1220. The average molecular weight is 467 g/mol. The van der Waals surface area contributed by atoms with Gasteiger partial charge < -0.3 is 25.0 Å². The van der Waals surface area contributed by atoms with Gasteiger partial charge in [-0.1, -0.05) is 26.5 Å². The Morgan fingerprint density at radius 3 is 2.71 bits per heavy atom. The molecule has 4 rings (SSSR count). The van der Waals surface area contributed by atoms with E-state index >= 15 is 0 Å². The second kappa shape index (κ2) is 11.3. The van der Waals surface area contributed by atoms with Gasteiger partial charge in [-0.15, -0.1) is 0 Å². The summed E-state index contributed by atoms with van der Waals surface area (Å²) in [6, 6.07) is 9.62. The van der Waals surface area contributed by atoms with Crippen molar-refractivity contribution in [2.24, 2.45) is 7.05 Å². The fourth-order valence-electron chi connectivity index (χ4n) is 4.14. The number of nitrogens with one attached hydrogen (secondary N) is 2. The molecule has 1 unspecified atom stereocenters. The molecule has 0 amide bonds. The van der Waals surface area contributed by atoms with Crippen LogP contribution >= 0.6 is 0 Å². The van der Waals surface area contributed by atoms with E-state index in [2.05, 4.69) is 22.2 Å². The molecule has 0 saturated carbocycles. The number of anilines is 1. The molecule has 0 aliphatic carbocycles. The summed E-state index contributed by atoms with van der Waals surface area (Å²) in [7, 11) is 1.78. The minimum absolute atomic E-state index is 0. The summed E-state index contributed by atoms with van der Waals surface area (Å²) in [6.45, 7) is 12.5. The largest absolute Gasteiger partial charge is 0.374 e. The zero-order valence-electron chi connectivity index (χ0n) is 20.8. The van der Waals surface area contributed by atoms with Gasteiger partial charge in [-0.3, -0.25) is 9.78 Å². The van der Waals surface area contributed by atoms with Crippen LogP contribution in [0.1, 0.15) is 45.8 Å². The summed E-state index contributed by atoms with van der Waals surface area (Å²) in [5.74, 6) is 0.465. The Morgan fingerprint density at radius 1 is 1.24 bits per heavy atom. The van der Waals surface area contributed by atoms with Gasteiger partial charge in [-0.2, -0.15) is 0 Å². The predicted molar refractivity (Wildman–Crippen MR) is 141 cm³/mol. The number of aliphatic hydroxyl groups excluding tert-OH is 1. The summed E-state index contributed by atoms with van der Waals surface area (Å²) in [5.41, 5.74) is 4.86. The van der Waals surface area contributed by atoms with Gasteiger partial charge in [0.25, 0.3) is 5.56 Å². The Morgan fingerprint density at radius 2 is 2.00 bits per heavy atom. The topological polar surface area (TPSA) is 88.4 Å². The van der Waals surface area contributed by atoms with Crippen molar-refractivity contribution >= 4 is 16.6 Å². The average Bonchev–Trinajstić information content (AvgIpc) is 2.85. The maximum atomic E-state index is 13.1. The summed E-state index contributed by atoms with van der Waals surface area (Å²) in [6.07, 6.45) is 3.61. The number of hydrogen-bond acceptors (Lipinski definition) is 6. The maximum Gasteiger partial charge on any atom is 0.258 e. The van der Waals surface area contributed by atoms with Gasteiger partial charge in [0, 0.05) is 43.6 Å². The van der Waals surface area contributed by atoms with E-state index in [0.29, 0.717) is 18.0 Å². The Hall–Kier alpha value is -3.16. The maximum absolute atomic E-state index is 13.1. The van der Waals surface area contributed by atoms with Crippen molar-refractivity contribution in [1.29, 1.82) is 0 Å². The fourth-order valence-corrected chi connectivity index (χ4v) is 4.14. The lowest BCUT2D eigenvalue weighted by molar-refractivity contribution is -0.0702. The molecule has 1 saturated heterocycles. The number of hydrogen-bond donors (Lipinski definition) is 3. The third kappa shape index (κ3) is 5.66. The van der Waals surface area contributed by atoms with Crippen LogP contribution in [0.2, 0.25) is 0 Å². The highest BCUT2D eigenvalue weighted by Gasteiger charge is 2.22. The molecule has 1 aliphatic heterocycles. The highest BCUT2D eigenvalue weighted by molar-refractivity contribution is 5.85. The molecule has 7 heteroatoms. The minimum Gasteiger partial charge on any atom is -0.374 e. The van der Waals surface area contributed by atoms with Gasteiger partial charge in [0.1, 0.15) is 6.10 Å². The van der Waals surface area contributed by atoms with Gasteiger partial charge in [-0.25, -0.2) is 0 Å². The van der Waals surface area contributed by atoms with E-state index in [4.69, 9.17) is 4.74 Å². The Balaban J connectivity index is 0.00000140. The van der Waals surface area contributed by atoms with Crippen LogP contribution in [-0.2, 0) is 11.8 Å². The molecule has 0 spiro atoms. The van der Waals surface area contributed by atoms with Crippen molar-refractivity contribution < 1.29 is 11.3 Å². The molecule has 1 aliphatic rings. The first-order valence-electron chi connectivity index (χ1n) is 11.9. The van der Waals surface area contributed by atoms with Crippen molar-refractivity contribution in [3.8, 4) is 11.1 Å². The molecule has 3 N–H and O–H groups in total. The van der Waals surface area contributed by atoms with Crippen LogP contribution in [0.4, 0.5) is 5.69 Å². The lowest BCUT2D eigenvalue weighted by atomic mass is 9.99. The Labute approximate surface area is 203 Å². The van der Waals surface area contributed by atoms with Gasteiger partial charge in [0.2, 0.25) is 0 Å². The number of fused-ring (bicyclic) bond motifs is 1. The highest BCUT2D eigenvalue weighted by atomic mass is 16.5. The number of rotatable bonds is 6. The van der Waals surface area contributed by atoms with Crippen LogP contribution in [0.25, 0.3) is 22.0 Å². The van der Waals surface area contributed by atoms with Crippen LogP contribution in [0.5, 0.6) is 0 Å². The second-order valence-electron chi connectivity index (χ2n) is 8.43. The number of aryl methyl sites for hydroxylation is 3. The van der Waals surface area contributed by atoms with E-state index in [1.807, 2.05) is 58.0 Å². The molecule has 3 heterocycles. The number of aromatic nitrogens is 2. The second-order valence-corrected chi connectivity index (χ2v) is 8.43. The first-order valence-corrected chi connectivity index (χ1v) is 11.9. The van der Waals surface area contributed by atoms with Crippen LogP contribution in [0.3, 0.4) is 0 Å². The van der Waals surface area contributed by atoms with Crippen molar-refractivity contribution in [3.05, 3.63) is 70.5 Å². The van der Waals surface area contributed by atoms with E-state index in [9.17, 15) is 9.90 Å². The summed E-state index contributed by atoms with van der Waals surface area (Å²) >= 11 is 0. The molecule has 2 aromatic heterocycles. The van der Waals surface area contributed by atoms with Gasteiger partial charge in [0.15, 0.2) is 6.23 Å². The van der Waals surface area contributed by atoms with E-state index < -0.39 is 6.23 Å². The van der Waals surface area contributed by atoms with Crippen LogP contribution in [0, 0.1) is 13.8 Å². The SMILES string of the molecule is C=C(Nc1ccc(C)c(-c2cc3cnc(C)cc3n(C)c2=O)c1)NC(O)[C@@H]1CCCCO1.CC.[HH]. The number of nitrogens with zero attached hydrogens (tertiary/aromatic N) is 2. The quantitative estimate of drug-likeness (QED) is 0.450. The molecular formula is C27H38N4O3. The van der Waals surface area contributed by atoms with Crippen LogP contribution < -0.4 is 16.2 Å². The molecule has 0 bridgehead atoms. The standard InChI is InChI=1S/C25H30N4O3.C2H6.H2/c1-15-8-9-19(27-17(3)28-24(30)23-7-5-6-10-32-23)13-20(15)21-12-18-14-26-16(2)11-22(18)29(4)25(21)31;1-2;/h8-9,11-14,23-24,27-28,30H,3,5-7,10H2,1-2,4H3;1-2H3;1H/t23-,24?;;/m0../s1. The summed E-state index contributed by atoms with van der Waals surface area (Å²) in [4.78, 5) is 17.5. The fraction of sp³-hybridized carbons (Fsp3) is 0.407. The van der Waals surface area contributed by atoms with Crippen LogP contribution in [0.15, 0.2) is 53.7 Å². The predicted octanol–water partition coefficient (Wildman–Crippen LogP) is 4.85. The van der Waals surface area contributed by atoms with Crippen molar-refractivity contribution in [3.63, 3.8) is 0 Å². The highest BCUT2D eigenvalue weighted by Crippen LogP contribution is 2.27. The number of pyridine rings is 2. The van der Waals surface area contributed by atoms with Crippen molar-refractivity contribution in [2.75, 3.05) is 11.9 Å². The zero-order valence-corrected chi connectivity index (χ0v) is 20.8. The van der Waals surface area contributed by atoms with Crippen molar-refractivity contribution in [2.45, 2.75) is 59.3 Å². The first kappa shape index (κ1) is 25.5. The molecule has 1 fully saturated rings. The third-order valence-electron chi connectivity index (χ3n) is 5.96. The normalized spacial score (nSPS) is 16.4. The van der Waals surface area contributed by atoms with E-state index in [0.717, 1.165) is 52.7 Å². The number of ether oxygens (including phenoxy) is 1. The molecule has 34 heavy (non-hydrogen) atoms. The van der Waals surface area contributed by atoms with E-state index in [-0.39, 0.29) is 13.1 Å². The van der Waals surface area contributed by atoms with Crippen LogP contribution in [-0.4, -0.2) is 33.6 Å². The van der Waals surface area contributed by atoms with Gasteiger partial charge in [-0.05, 0) is 68.5 Å². The van der Waals surface area contributed by atoms with Gasteiger partial charge in [0.05, 0.1) is 11.3 Å². The molecule has 184 valence electrons.